The zero-order valence-electron chi connectivity index (χ0n) is 12.9. The van der Waals surface area contributed by atoms with E-state index in [1.54, 1.807) is 0 Å². The van der Waals surface area contributed by atoms with Crippen molar-refractivity contribution in [1.82, 2.24) is 10.2 Å². The number of piperazine rings is 1. The first-order chi connectivity index (χ1) is 9.74. The lowest BCUT2D eigenvalue weighted by Crippen LogP contribution is -2.54. The van der Waals surface area contributed by atoms with Gasteiger partial charge in [-0.3, -0.25) is 4.90 Å². The Hall–Kier alpha value is -0.380. The summed E-state index contributed by atoms with van der Waals surface area (Å²) in [6.45, 7) is 8.19. The van der Waals surface area contributed by atoms with Crippen LogP contribution in [-0.4, -0.2) is 30.6 Å². The smallest absolute Gasteiger partial charge is 0.0414 e. The van der Waals surface area contributed by atoms with Gasteiger partial charge in [-0.15, -0.1) is 11.3 Å². The van der Waals surface area contributed by atoms with Gasteiger partial charge in [-0.1, -0.05) is 19.3 Å². The average Bonchev–Trinajstić information content (AvgIpc) is 2.94. The van der Waals surface area contributed by atoms with Crippen molar-refractivity contribution in [2.75, 3.05) is 19.6 Å². The summed E-state index contributed by atoms with van der Waals surface area (Å²) in [4.78, 5) is 5.67. The number of nitrogens with zero attached hydrogens (tertiary/aromatic N) is 1. The van der Waals surface area contributed by atoms with Crippen molar-refractivity contribution in [3.05, 3.63) is 21.9 Å². The van der Waals surface area contributed by atoms with Gasteiger partial charge in [-0.05, 0) is 44.7 Å². The van der Waals surface area contributed by atoms with E-state index in [9.17, 15) is 0 Å². The third-order valence-electron chi connectivity index (χ3n) is 5.18. The summed E-state index contributed by atoms with van der Waals surface area (Å²) in [5.41, 5.74) is 0. The minimum atomic E-state index is 0.585. The van der Waals surface area contributed by atoms with Crippen molar-refractivity contribution in [2.45, 2.75) is 58.0 Å². The molecule has 1 aliphatic heterocycles. The first kappa shape index (κ1) is 14.6. The molecule has 2 atom stereocenters. The van der Waals surface area contributed by atoms with Crippen LogP contribution in [0.4, 0.5) is 0 Å². The first-order valence-corrected chi connectivity index (χ1v) is 9.09. The Morgan fingerprint density at radius 2 is 2.05 bits per heavy atom. The predicted octanol–water partition coefficient (Wildman–Crippen LogP) is 3.97. The van der Waals surface area contributed by atoms with Crippen molar-refractivity contribution in [3.63, 3.8) is 0 Å². The van der Waals surface area contributed by atoms with E-state index in [1.165, 1.54) is 54.9 Å². The molecule has 3 heteroatoms. The van der Waals surface area contributed by atoms with Crippen LogP contribution in [0, 0.1) is 12.8 Å². The highest BCUT2D eigenvalue weighted by atomic mass is 32.1. The van der Waals surface area contributed by atoms with Gasteiger partial charge in [0.05, 0.1) is 0 Å². The quantitative estimate of drug-likeness (QED) is 0.907. The van der Waals surface area contributed by atoms with E-state index in [1.807, 2.05) is 11.3 Å². The molecule has 1 N–H and O–H groups in total. The maximum absolute atomic E-state index is 3.79. The van der Waals surface area contributed by atoms with Gasteiger partial charge < -0.3 is 5.32 Å². The second kappa shape index (κ2) is 6.59. The number of aryl methyl sites for hydroxylation is 1. The molecule has 0 amide bonds. The molecule has 1 aromatic rings. The van der Waals surface area contributed by atoms with E-state index < -0.39 is 0 Å². The second-order valence-corrected chi connectivity index (χ2v) is 7.90. The standard InChI is InChI=1S/C17H28N2S/c1-13-8-9-17(20-13)14(2)19-11-10-18-16(12-19)15-6-4-3-5-7-15/h8-9,14-16,18H,3-7,10-12H2,1-2H3. The molecule has 1 aliphatic carbocycles. The van der Waals surface area contributed by atoms with Crippen LogP contribution in [0.3, 0.4) is 0 Å². The van der Waals surface area contributed by atoms with Crippen LogP contribution in [0.25, 0.3) is 0 Å². The number of thiophene rings is 1. The molecule has 2 aliphatic rings. The van der Waals surface area contributed by atoms with Crippen LogP contribution >= 0.6 is 11.3 Å². The normalized spacial score (nSPS) is 27.6. The Morgan fingerprint density at radius 3 is 2.75 bits per heavy atom. The second-order valence-electron chi connectivity index (χ2n) is 6.58. The summed E-state index contributed by atoms with van der Waals surface area (Å²) < 4.78 is 0. The first-order valence-electron chi connectivity index (χ1n) is 8.28. The van der Waals surface area contributed by atoms with Gasteiger partial charge in [0.25, 0.3) is 0 Å². The molecule has 1 saturated carbocycles. The number of nitrogens with one attached hydrogen (secondary N) is 1. The lowest BCUT2D eigenvalue weighted by Gasteiger charge is -2.41. The maximum atomic E-state index is 3.79. The van der Waals surface area contributed by atoms with Gasteiger partial charge in [0, 0.05) is 41.5 Å². The fourth-order valence-corrected chi connectivity index (χ4v) is 4.83. The molecular weight excluding hydrogens is 264 g/mol. The minimum absolute atomic E-state index is 0.585. The molecule has 2 heterocycles. The molecule has 0 spiro atoms. The van der Waals surface area contributed by atoms with Gasteiger partial charge >= 0.3 is 0 Å². The molecule has 2 nitrogen and oxygen atoms in total. The Balaban J connectivity index is 1.62. The van der Waals surface area contributed by atoms with E-state index in [0.717, 1.165) is 18.5 Å². The van der Waals surface area contributed by atoms with Gasteiger partial charge in [-0.25, -0.2) is 0 Å². The highest BCUT2D eigenvalue weighted by Gasteiger charge is 2.30. The molecular formula is C17H28N2S. The fourth-order valence-electron chi connectivity index (χ4n) is 3.86. The molecule has 1 saturated heterocycles. The van der Waals surface area contributed by atoms with Gasteiger partial charge in [-0.2, -0.15) is 0 Å². The van der Waals surface area contributed by atoms with E-state index in [4.69, 9.17) is 0 Å². The van der Waals surface area contributed by atoms with Crippen molar-refractivity contribution < 1.29 is 0 Å². The third kappa shape index (κ3) is 3.26. The number of hydrogen-bond acceptors (Lipinski definition) is 3. The number of rotatable bonds is 3. The van der Waals surface area contributed by atoms with Gasteiger partial charge in [0.2, 0.25) is 0 Å². The summed E-state index contributed by atoms with van der Waals surface area (Å²) >= 11 is 1.96. The molecule has 2 fully saturated rings. The van der Waals surface area contributed by atoms with Crippen LogP contribution in [0.5, 0.6) is 0 Å². The van der Waals surface area contributed by atoms with Crippen molar-refractivity contribution in [3.8, 4) is 0 Å². The van der Waals surface area contributed by atoms with Crippen molar-refractivity contribution in [1.29, 1.82) is 0 Å². The van der Waals surface area contributed by atoms with Crippen LogP contribution in [0.15, 0.2) is 12.1 Å². The van der Waals surface area contributed by atoms with Gasteiger partial charge in [0.1, 0.15) is 0 Å². The average molecular weight is 292 g/mol. The van der Waals surface area contributed by atoms with Crippen molar-refractivity contribution in [2.24, 2.45) is 5.92 Å². The summed E-state index contributed by atoms with van der Waals surface area (Å²) in [5.74, 6) is 0.920. The molecule has 2 unspecified atom stereocenters. The largest absolute Gasteiger partial charge is 0.311 e. The van der Waals surface area contributed by atoms with Crippen molar-refractivity contribution >= 4 is 11.3 Å². The summed E-state index contributed by atoms with van der Waals surface area (Å²) in [6.07, 6.45) is 7.23. The zero-order valence-corrected chi connectivity index (χ0v) is 13.7. The minimum Gasteiger partial charge on any atom is -0.311 e. The number of hydrogen-bond donors (Lipinski definition) is 1. The predicted molar refractivity (Wildman–Crippen MR) is 87.4 cm³/mol. The topological polar surface area (TPSA) is 15.3 Å². The van der Waals surface area contributed by atoms with Crippen LogP contribution < -0.4 is 5.32 Å². The lowest BCUT2D eigenvalue weighted by atomic mass is 9.83. The van der Waals surface area contributed by atoms with Crippen LogP contribution in [0.1, 0.15) is 54.8 Å². The Kier molecular flexibility index (Phi) is 4.79. The highest BCUT2D eigenvalue weighted by Crippen LogP contribution is 2.31. The molecule has 0 aromatic carbocycles. The van der Waals surface area contributed by atoms with Gasteiger partial charge in [0.15, 0.2) is 0 Å². The third-order valence-corrected chi connectivity index (χ3v) is 6.35. The van der Waals surface area contributed by atoms with E-state index in [-0.39, 0.29) is 0 Å². The fraction of sp³-hybridized carbons (Fsp3) is 0.765. The molecule has 20 heavy (non-hydrogen) atoms. The molecule has 0 bridgehead atoms. The van der Waals surface area contributed by atoms with E-state index in [2.05, 4.69) is 36.2 Å². The SMILES string of the molecule is Cc1ccc(C(C)N2CCNC(C3CCCCC3)C2)s1. The molecule has 1 aromatic heterocycles. The summed E-state index contributed by atoms with van der Waals surface area (Å²) in [5, 5.41) is 3.79. The Bertz CT molecular complexity index is 422. The zero-order chi connectivity index (χ0) is 13.9. The Morgan fingerprint density at radius 1 is 1.25 bits per heavy atom. The van der Waals surface area contributed by atoms with Crippen LogP contribution in [0.2, 0.25) is 0 Å². The summed E-state index contributed by atoms with van der Waals surface area (Å²) in [6, 6.07) is 5.90. The molecule has 0 radical (unpaired) electrons. The highest BCUT2D eigenvalue weighted by molar-refractivity contribution is 7.12. The Labute approximate surface area is 127 Å². The van der Waals surface area contributed by atoms with Crippen LogP contribution in [-0.2, 0) is 0 Å². The molecule has 3 rings (SSSR count). The maximum Gasteiger partial charge on any atom is 0.0414 e. The summed E-state index contributed by atoms with van der Waals surface area (Å²) in [7, 11) is 0. The lowest BCUT2D eigenvalue weighted by molar-refractivity contribution is 0.116. The monoisotopic (exact) mass is 292 g/mol. The van der Waals surface area contributed by atoms with E-state index >= 15 is 0 Å². The van der Waals surface area contributed by atoms with E-state index in [0.29, 0.717) is 6.04 Å². The molecule has 112 valence electrons.